The SMILES string of the molecule is NC(C(=O)Nc1ccc2c(c1)C=NC2)c1cccc(F)c1. The van der Waals surface area contributed by atoms with Gasteiger partial charge >= 0.3 is 0 Å². The molecule has 106 valence electrons. The zero-order valence-electron chi connectivity index (χ0n) is 11.2. The number of nitrogens with one attached hydrogen (secondary N) is 1. The Morgan fingerprint density at radius 3 is 2.95 bits per heavy atom. The third-order valence-electron chi connectivity index (χ3n) is 3.40. The average molecular weight is 283 g/mol. The third-order valence-corrected chi connectivity index (χ3v) is 3.40. The Hall–Kier alpha value is -2.53. The lowest BCUT2D eigenvalue weighted by atomic mass is 10.1. The second-order valence-corrected chi connectivity index (χ2v) is 4.91. The number of halogens is 1. The van der Waals surface area contributed by atoms with Crippen molar-refractivity contribution in [3.05, 3.63) is 65.0 Å². The van der Waals surface area contributed by atoms with E-state index in [1.165, 1.54) is 18.2 Å². The second kappa shape index (κ2) is 5.46. The van der Waals surface area contributed by atoms with Crippen LogP contribution >= 0.6 is 0 Å². The van der Waals surface area contributed by atoms with Crippen molar-refractivity contribution in [1.29, 1.82) is 0 Å². The molecule has 1 unspecified atom stereocenters. The Kier molecular flexibility index (Phi) is 3.50. The molecule has 2 aromatic rings. The lowest BCUT2D eigenvalue weighted by Crippen LogP contribution is -2.27. The standard InChI is InChI=1S/C16H14FN3O/c17-13-3-1-2-10(6-13)15(18)16(21)20-14-5-4-11-8-19-9-12(11)7-14/h1-7,9,15H,8,18H2,(H,20,21). The van der Waals surface area contributed by atoms with E-state index in [0.29, 0.717) is 17.8 Å². The Morgan fingerprint density at radius 2 is 2.14 bits per heavy atom. The van der Waals surface area contributed by atoms with Gasteiger partial charge in [-0.2, -0.15) is 0 Å². The Morgan fingerprint density at radius 1 is 1.29 bits per heavy atom. The van der Waals surface area contributed by atoms with Crippen LogP contribution in [0.4, 0.5) is 10.1 Å². The quantitative estimate of drug-likeness (QED) is 0.908. The molecule has 0 aromatic heterocycles. The fraction of sp³-hybridized carbons (Fsp3) is 0.125. The molecular weight excluding hydrogens is 269 g/mol. The molecule has 1 heterocycles. The minimum atomic E-state index is -0.914. The number of aliphatic imine (C=N–C) groups is 1. The summed E-state index contributed by atoms with van der Waals surface area (Å²) in [6.45, 7) is 0.673. The molecule has 0 radical (unpaired) electrons. The predicted octanol–water partition coefficient (Wildman–Crippen LogP) is 2.40. The maximum Gasteiger partial charge on any atom is 0.245 e. The number of rotatable bonds is 3. The van der Waals surface area contributed by atoms with Gasteiger partial charge < -0.3 is 11.1 Å². The topological polar surface area (TPSA) is 67.5 Å². The molecule has 2 aromatic carbocycles. The van der Waals surface area contributed by atoms with Gasteiger partial charge in [0.25, 0.3) is 0 Å². The van der Waals surface area contributed by atoms with E-state index in [1.807, 2.05) is 18.2 Å². The van der Waals surface area contributed by atoms with E-state index < -0.39 is 11.9 Å². The first kappa shape index (κ1) is 13.5. The van der Waals surface area contributed by atoms with Gasteiger partial charge in [0.05, 0.1) is 6.54 Å². The van der Waals surface area contributed by atoms with E-state index in [4.69, 9.17) is 5.73 Å². The summed E-state index contributed by atoms with van der Waals surface area (Å²) in [6, 6.07) is 10.4. The third kappa shape index (κ3) is 2.83. The van der Waals surface area contributed by atoms with Gasteiger partial charge in [-0.3, -0.25) is 9.79 Å². The van der Waals surface area contributed by atoms with Crippen LogP contribution in [0.5, 0.6) is 0 Å². The van der Waals surface area contributed by atoms with E-state index in [9.17, 15) is 9.18 Å². The number of hydrogen-bond donors (Lipinski definition) is 2. The zero-order chi connectivity index (χ0) is 14.8. The van der Waals surface area contributed by atoms with E-state index >= 15 is 0 Å². The molecule has 3 N–H and O–H groups in total. The number of nitrogens with two attached hydrogens (primary N) is 1. The van der Waals surface area contributed by atoms with Gasteiger partial charge in [0.2, 0.25) is 5.91 Å². The molecule has 4 nitrogen and oxygen atoms in total. The molecule has 1 atom stereocenters. The highest BCUT2D eigenvalue weighted by atomic mass is 19.1. The second-order valence-electron chi connectivity index (χ2n) is 4.91. The molecular formula is C16H14FN3O. The molecule has 0 aliphatic carbocycles. The molecule has 0 spiro atoms. The first-order valence-corrected chi connectivity index (χ1v) is 6.58. The van der Waals surface area contributed by atoms with Crippen LogP contribution in [0.25, 0.3) is 0 Å². The Balaban J connectivity index is 1.75. The van der Waals surface area contributed by atoms with Crippen LogP contribution in [0.2, 0.25) is 0 Å². The van der Waals surface area contributed by atoms with Gasteiger partial charge in [-0.05, 0) is 41.0 Å². The van der Waals surface area contributed by atoms with E-state index in [1.54, 1.807) is 12.3 Å². The number of hydrogen-bond acceptors (Lipinski definition) is 3. The van der Waals surface area contributed by atoms with Gasteiger partial charge in [-0.25, -0.2) is 4.39 Å². The maximum absolute atomic E-state index is 13.2. The molecule has 3 rings (SSSR count). The summed E-state index contributed by atoms with van der Waals surface area (Å²) in [6.07, 6.45) is 1.78. The fourth-order valence-corrected chi connectivity index (χ4v) is 2.25. The Bertz CT molecular complexity index is 727. The first-order valence-electron chi connectivity index (χ1n) is 6.58. The number of carbonyl (C=O) groups is 1. The van der Waals surface area contributed by atoms with Crippen LogP contribution in [0.1, 0.15) is 22.7 Å². The van der Waals surface area contributed by atoms with Crippen molar-refractivity contribution < 1.29 is 9.18 Å². The molecule has 21 heavy (non-hydrogen) atoms. The summed E-state index contributed by atoms with van der Waals surface area (Å²) < 4.78 is 13.2. The summed E-state index contributed by atoms with van der Waals surface area (Å²) in [4.78, 5) is 16.3. The minimum absolute atomic E-state index is 0.379. The molecule has 5 heteroatoms. The van der Waals surface area contributed by atoms with E-state index in [-0.39, 0.29) is 5.91 Å². The lowest BCUT2D eigenvalue weighted by molar-refractivity contribution is -0.117. The molecule has 1 aliphatic rings. The van der Waals surface area contributed by atoms with E-state index in [2.05, 4.69) is 10.3 Å². The van der Waals surface area contributed by atoms with Crippen molar-refractivity contribution >= 4 is 17.8 Å². The predicted molar refractivity (Wildman–Crippen MR) is 79.7 cm³/mol. The van der Waals surface area contributed by atoms with Gasteiger partial charge in [-0.15, -0.1) is 0 Å². The molecule has 0 bridgehead atoms. The van der Waals surface area contributed by atoms with Crippen LogP contribution < -0.4 is 11.1 Å². The highest BCUT2D eigenvalue weighted by Crippen LogP contribution is 2.20. The van der Waals surface area contributed by atoms with Crippen LogP contribution in [0.15, 0.2) is 47.5 Å². The number of anilines is 1. The molecule has 1 amide bonds. The lowest BCUT2D eigenvalue weighted by Gasteiger charge is -2.13. The number of nitrogens with zero attached hydrogens (tertiary/aromatic N) is 1. The summed E-state index contributed by atoms with van der Waals surface area (Å²) >= 11 is 0. The fourth-order valence-electron chi connectivity index (χ4n) is 2.25. The van der Waals surface area contributed by atoms with Crippen LogP contribution in [-0.4, -0.2) is 12.1 Å². The highest BCUT2D eigenvalue weighted by molar-refractivity contribution is 5.96. The first-order chi connectivity index (χ1) is 10.1. The van der Waals surface area contributed by atoms with Gasteiger partial charge in [-0.1, -0.05) is 18.2 Å². The van der Waals surface area contributed by atoms with Crippen molar-refractivity contribution in [2.24, 2.45) is 10.7 Å². The summed E-state index contributed by atoms with van der Waals surface area (Å²) in [5, 5.41) is 2.74. The van der Waals surface area contributed by atoms with Gasteiger partial charge in [0, 0.05) is 11.9 Å². The number of fused-ring (bicyclic) bond motifs is 1. The minimum Gasteiger partial charge on any atom is -0.324 e. The summed E-state index contributed by atoms with van der Waals surface area (Å²) in [5.74, 6) is -0.792. The average Bonchev–Trinajstić information content (AvgIpc) is 2.94. The number of benzene rings is 2. The van der Waals surface area contributed by atoms with Crippen molar-refractivity contribution in [3.63, 3.8) is 0 Å². The van der Waals surface area contributed by atoms with Crippen LogP contribution in [-0.2, 0) is 11.3 Å². The Labute approximate surface area is 121 Å². The van der Waals surface area contributed by atoms with Crippen molar-refractivity contribution in [2.75, 3.05) is 5.32 Å². The summed E-state index contributed by atoms with van der Waals surface area (Å²) in [5.41, 5.74) is 9.07. The normalized spacial score (nSPS) is 13.8. The zero-order valence-corrected chi connectivity index (χ0v) is 11.2. The monoisotopic (exact) mass is 283 g/mol. The number of amides is 1. The molecule has 0 fully saturated rings. The number of carbonyl (C=O) groups excluding carboxylic acids is 1. The van der Waals surface area contributed by atoms with Crippen LogP contribution in [0, 0.1) is 5.82 Å². The molecule has 1 aliphatic heterocycles. The van der Waals surface area contributed by atoms with Crippen molar-refractivity contribution in [1.82, 2.24) is 0 Å². The van der Waals surface area contributed by atoms with Gasteiger partial charge in [0.1, 0.15) is 11.9 Å². The highest BCUT2D eigenvalue weighted by Gasteiger charge is 2.17. The largest absolute Gasteiger partial charge is 0.324 e. The van der Waals surface area contributed by atoms with Crippen molar-refractivity contribution in [3.8, 4) is 0 Å². The van der Waals surface area contributed by atoms with Crippen LogP contribution in [0.3, 0.4) is 0 Å². The van der Waals surface area contributed by atoms with Crippen molar-refractivity contribution in [2.45, 2.75) is 12.6 Å². The maximum atomic E-state index is 13.2. The van der Waals surface area contributed by atoms with E-state index in [0.717, 1.165) is 11.1 Å². The molecule has 0 saturated carbocycles. The molecule has 0 saturated heterocycles. The summed E-state index contributed by atoms with van der Waals surface area (Å²) in [7, 11) is 0. The van der Waals surface area contributed by atoms with Gasteiger partial charge in [0.15, 0.2) is 0 Å². The smallest absolute Gasteiger partial charge is 0.245 e.